The minimum atomic E-state index is -3.61. The van der Waals surface area contributed by atoms with Crippen LogP contribution in [0.15, 0.2) is 60.8 Å². The van der Waals surface area contributed by atoms with E-state index >= 15 is 0 Å². The maximum Gasteiger partial charge on any atom is 0.323 e. The Bertz CT molecular complexity index is 1780. The van der Waals surface area contributed by atoms with Crippen LogP contribution < -0.4 is 30.1 Å². The van der Waals surface area contributed by atoms with Gasteiger partial charge in [0, 0.05) is 36.1 Å². The van der Waals surface area contributed by atoms with Crippen LogP contribution in [-0.2, 0) is 20.2 Å². The Hall–Kier alpha value is -4.46. The van der Waals surface area contributed by atoms with Crippen molar-refractivity contribution in [2.24, 2.45) is 0 Å². The number of carbonyl (C=O) groups is 1. The van der Waals surface area contributed by atoms with Gasteiger partial charge in [0.25, 0.3) is 0 Å². The molecule has 5 rings (SSSR count). The van der Waals surface area contributed by atoms with Crippen LogP contribution >= 0.6 is 0 Å². The van der Waals surface area contributed by atoms with E-state index in [0.29, 0.717) is 42.0 Å². The Morgan fingerprint density at radius 3 is 2.43 bits per heavy atom. The summed E-state index contributed by atoms with van der Waals surface area (Å²) in [4.78, 5) is 22.2. The van der Waals surface area contributed by atoms with E-state index in [4.69, 9.17) is 14.2 Å². The van der Waals surface area contributed by atoms with Gasteiger partial charge in [0.15, 0.2) is 11.6 Å². The second kappa shape index (κ2) is 12.6. The molecule has 0 radical (unpaired) electrons. The van der Waals surface area contributed by atoms with E-state index in [1.54, 1.807) is 36.5 Å². The molecule has 44 heavy (non-hydrogen) atoms. The van der Waals surface area contributed by atoms with Crippen molar-refractivity contribution in [1.29, 1.82) is 0 Å². The summed E-state index contributed by atoms with van der Waals surface area (Å²) in [5, 5.41) is 10.5. The number of morpholine rings is 1. The number of amides is 2. The number of nitrogens with zero attached hydrogens (tertiary/aromatic N) is 2. The SMILES string of the molecule is COc1c(NC(=O)Nc2ccc(Oc3ccnc(C4CNCCO4)n3)c3ccccc23)cc(C(C)(C)C)cc1NS(C)(=O)=O. The van der Waals surface area contributed by atoms with Crippen LogP contribution in [-0.4, -0.2) is 57.5 Å². The quantitative estimate of drug-likeness (QED) is 0.203. The van der Waals surface area contributed by atoms with Crippen LogP contribution in [0.4, 0.5) is 21.9 Å². The van der Waals surface area contributed by atoms with E-state index in [1.165, 1.54) is 7.11 Å². The molecule has 1 aromatic heterocycles. The van der Waals surface area contributed by atoms with Gasteiger partial charge in [-0.1, -0.05) is 45.0 Å². The molecule has 0 saturated carbocycles. The lowest BCUT2D eigenvalue weighted by Crippen LogP contribution is -2.34. The summed E-state index contributed by atoms with van der Waals surface area (Å²) in [5.74, 6) is 1.65. The van der Waals surface area contributed by atoms with E-state index in [2.05, 4.69) is 30.6 Å². The number of methoxy groups -OCH3 is 1. The van der Waals surface area contributed by atoms with E-state index in [9.17, 15) is 13.2 Å². The standard InChI is InChI=1S/C31H36N6O6S/c1-31(2,3)19-16-23(28(41-4)24(17-19)37-44(5,39)40)35-30(38)34-22-10-11-25(21-9-7-6-8-20(21)22)43-27-12-13-33-29(36-27)26-18-32-14-15-42-26/h6-13,16-17,26,32,37H,14-15,18H2,1-5H3,(H2,34,35,38). The number of anilines is 3. The average molecular weight is 621 g/mol. The maximum absolute atomic E-state index is 13.3. The molecule has 13 heteroatoms. The molecule has 232 valence electrons. The third kappa shape index (κ3) is 7.36. The zero-order valence-electron chi connectivity index (χ0n) is 25.2. The van der Waals surface area contributed by atoms with Crippen molar-refractivity contribution < 1.29 is 27.4 Å². The highest BCUT2D eigenvalue weighted by Crippen LogP contribution is 2.40. The predicted octanol–water partition coefficient (Wildman–Crippen LogP) is 5.40. The van der Waals surface area contributed by atoms with Gasteiger partial charge >= 0.3 is 6.03 Å². The van der Waals surface area contributed by atoms with Gasteiger partial charge in [-0.25, -0.2) is 18.2 Å². The van der Waals surface area contributed by atoms with Gasteiger partial charge in [-0.15, -0.1) is 0 Å². The van der Waals surface area contributed by atoms with Crippen LogP contribution in [0.2, 0.25) is 0 Å². The number of fused-ring (bicyclic) bond motifs is 1. The van der Waals surface area contributed by atoms with E-state index in [-0.39, 0.29) is 23.0 Å². The normalized spacial score (nSPS) is 15.4. The number of carbonyl (C=O) groups excluding carboxylic acids is 1. The molecule has 1 atom stereocenters. The Morgan fingerprint density at radius 2 is 1.75 bits per heavy atom. The smallest absolute Gasteiger partial charge is 0.323 e. The zero-order chi connectivity index (χ0) is 31.5. The van der Waals surface area contributed by atoms with Crippen LogP contribution in [0.1, 0.15) is 38.3 Å². The number of urea groups is 1. The lowest BCUT2D eigenvalue weighted by molar-refractivity contribution is 0.0218. The first-order valence-electron chi connectivity index (χ1n) is 14.0. The summed E-state index contributed by atoms with van der Waals surface area (Å²) >= 11 is 0. The third-order valence-electron chi connectivity index (χ3n) is 6.91. The number of hydrogen-bond donors (Lipinski definition) is 4. The lowest BCUT2D eigenvalue weighted by atomic mass is 9.86. The number of ether oxygens (including phenoxy) is 3. The number of rotatable bonds is 8. The average Bonchev–Trinajstić information content (AvgIpc) is 2.97. The van der Waals surface area contributed by atoms with Gasteiger partial charge < -0.3 is 30.2 Å². The molecule has 1 fully saturated rings. The van der Waals surface area contributed by atoms with E-state index in [1.807, 2.05) is 45.0 Å². The first-order valence-corrected chi connectivity index (χ1v) is 15.9. The first kappa shape index (κ1) is 31.0. The number of sulfonamides is 1. The molecule has 0 bridgehead atoms. The Labute approximate surface area is 256 Å². The molecule has 0 spiro atoms. The van der Waals surface area contributed by atoms with Crippen LogP contribution in [0, 0.1) is 0 Å². The molecule has 0 aliphatic carbocycles. The highest BCUT2D eigenvalue weighted by atomic mass is 32.2. The molecular weight excluding hydrogens is 584 g/mol. The topological polar surface area (TPSA) is 153 Å². The molecule has 12 nitrogen and oxygen atoms in total. The fraction of sp³-hybridized carbons (Fsp3) is 0.323. The Morgan fingerprint density at radius 1 is 1.02 bits per heavy atom. The summed E-state index contributed by atoms with van der Waals surface area (Å²) in [5.41, 5.74) is 1.53. The lowest BCUT2D eigenvalue weighted by Gasteiger charge is -2.24. The van der Waals surface area contributed by atoms with Crippen molar-refractivity contribution >= 4 is 43.9 Å². The second-order valence-corrected chi connectivity index (χ2v) is 13.1. The van der Waals surface area contributed by atoms with Crippen molar-refractivity contribution in [1.82, 2.24) is 15.3 Å². The molecule has 1 unspecified atom stereocenters. The summed E-state index contributed by atoms with van der Waals surface area (Å²) in [7, 11) is -2.20. The molecule has 1 aliphatic heterocycles. The van der Waals surface area contributed by atoms with Crippen LogP contribution in [0.5, 0.6) is 17.4 Å². The number of hydrogen-bond acceptors (Lipinski definition) is 9. The summed E-state index contributed by atoms with van der Waals surface area (Å²) < 4.78 is 44.1. The van der Waals surface area contributed by atoms with Gasteiger partial charge in [-0.05, 0) is 35.2 Å². The minimum Gasteiger partial charge on any atom is -0.492 e. The van der Waals surface area contributed by atoms with Crippen LogP contribution in [0.3, 0.4) is 0 Å². The Kier molecular flexibility index (Phi) is 8.90. The molecule has 1 aliphatic rings. The highest BCUT2D eigenvalue weighted by molar-refractivity contribution is 7.92. The van der Waals surface area contributed by atoms with E-state index < -0.39 is 16.1 Å². The van der Waals surface area contributed by atoms with Crippen molar-refractivity contribution in [3.63, 3.8) is 0 Å². The molecule has 1 saturated heterocycles. The van der Waals surface area contributed by atoms with Crippen molar-refractivity contribution in [3.05, 3.63) is 72.2 Å². The van der Waals surface area contributed by atoms with Crippen LogP contribution in [0.25, 0.3) is 10.8 Å². The Balaban J connectivity index is 1.41. The molecular formula is C31H36N6O6S. The summed E-state index contributed by atoms with van der Waals surface area (Å²) in [6.07, 6.45) is 2.44. The van der Waals surface area contributed by atoms with Gasteiger partial charge in [-0.3, -0.25) is 4.72 Å². The summed E-state index contributed by atoms with van der Waals surface area (Å²) in [6.45, 7) is 7.96. The monoisotopic (exact) mass is 620 g/mol. The molecule has 3 aromatic carbocycles. The van der Waals surface area contributed by atoms with Gasteiger partial charge in [0.2, 0.25) is 15.9 Å². The fourth-order valence-corrected chi connectivity index (χ4v) is 5.36. The first-order chi connectivity index (χ1) is 20.9. The largest absolute Gasteiger partial charge is 0.492 e. The van der Waals surface area contributed by atoms with Gasteiger partial charge in [0.1, 0.15) is 11.9 Å². The van der Waals surface area contributed by atoms with Gasteiger partial charge in [-0.2, -0.15) is 4.98 Å². The molecule has 4 N–H and O–H groups in total. The summed E-state index contributed by atoms with van der Waals surface area (Å²) in [6, 6.07) is 15.6. The maximum atomic E-state index is 13.3. The number of aromatic nitrogens is 2. The molecule has 2 amide bonds. The van der Waals surface area contributed by atoms with Crippen molar-refractivity contribution in [2.75, 3.05) is 48.4 Å². The third-order valence-corrected chi connectivity index (χ3v) is 7.50. The van der Waals surface area contributed by atoms with Crippen molar-refractivity contribution in [3.8, 4) is 17.4 Å². The fourth-order valence-electron chi connectivity index (χ4n) is 4.81. The van der Waals surface area contributed by atoms with E-state index in [0.717, 1.165) is 29.1 Å². The molecule has 4 aromatic rings. The molecule has 2 heterocycles. The number of nitrogens with one attached hydrogen (secondary N) is 4. The number of benzene rings is 3. The zero-order valence-corrected chi connectivity index (χ0v) is 26.0. The highest BCUT2D eigenvalue weighted by Gasteiger charge is 2.23. The second-order valence-electron chi connectivity index (χ2n) is 11.4. The van der Waals surface area contributed by atoms with Gasteiger partial charge in [0.05, 0.1) is 37.0 Å². The predicted molar refractivity (Wildman–Crippen MR) is 170 cm³/mol. The van der Waals surface area contributed by atoms with Crippen molar-refractivity contribution in [2.45, 2.75) is 32.3 Å². The minimum absolute atomic E-state index is 0.186.